The van der Waals surface area contributed by atoms with Crippen LogP contribution in [0.2, 0.25) is 0 Å². The van der Waals surface area contributed by atoms with E-state index < -0.39 is 16.0 Å². The van der Waals surface area contributed by atoms with Gasteiger partial charge in [0.25, 0.3) is 0 Å². The van der Waals surface area contributed by atoms with Crippen molar-refractivity contribution in [1.29, 1.82) is 5.26 Å². The third kappa shape index (κ3) is 1.68. The number of nitro groups is 2. The van der Waals surface area contributed by atoms with Crippen molar-refractivity contribution in [3.8, 4) is 6.07 Å². The fourth-order valence-electron chi connectivity index (χ4n) is 0.148. The molecule has 0 spiro atoms. The Hall–Kier alpha value is -1.71. The van der Waals surface area contributed by atoms with Crippen LogP contribution in [0.1, 0.15) is 0 Å². The van der Waals surface area contributed by atoms with Gasteiger partial charge in [0.1, 0.15) is 9.85 Å². The van der Waals surface area contributed by atoms with E-state index in [1.807, 2.05) is 0 Å². The molecule has 0 saturated heterocycles. The highest BCUT2D eigenvalue weighted by molar-refractivity contribution is 4.90. The molecular weight excluding hydrogens is 130 g/mol. The van der Waals surface area contributed by atoms with E-state index in [-0.39, 0.29) is 0 Å². The van der Waals surface area contributed by atoms with E-state index in [2.05, 4.69) is 0 Å². The average molecular weight is 130 g/mol. The molecule has 0 amide bonds. The molecule has 1 radical (unpaired) electrons. The number of rotatable bonds is 2. The SMILES string of the molecule is N#C[C]([N+](=O)[O-])[N+](=O)[O-]. The first-order valence-electron chi connectivity index (χ1n) is 1.65. The van der Waals surface area contributed by atoms with Crippen LogP contribution >= 0.6 is 0 Å². The van der Waals surface area contributed by atoms with Gasteiger partial charge in [0.05, 0.1) is 0 Å². The average Bonchev–Trinajstić information content (AvgIpc) is 1.64. The molecule has 0 aliphatic carbocycles. The van der Waals surface area contributed by atoms with E-state index in [9.17, 15) is 20.2 Å². The van der Waals surface area contributed by atoms with Gasteiger partial charge in [-0.3, -0.25) is 20.2 Å². The molecule has 0 aliphatic heterocycles. The maximum atomic E-state index is 9.48. The van der Waals surface area contributed by atoms with Gasteiger partial charge < -0.3 is 0 Å². The zero-order valence-electron chi connectivity index (χ0n) is 3.97. The predicted octanol–water partition coefficient (Wildman–Crippen LogP) is -0.447. The van der Waals surface area contributed by atoms with Crippen molar-refractivity contribution in [3.63, 3.8) is 0 Å². The Kier molecular flexibility index (Phi) is 2.07. The van der Waals surface area contributed by atoms with Crippen LogP contribution in [-0.2, 0) is 0 Å². The third-order valence-electron chi connectivity index (χ3n) is 0.446. The van der Waals surface area contributed by atoms with Gasteiger partial charge in [-0.1, -0.05) is 0 Å². The third-order valence-corrected chi connectivity index (χ3v) is 0.446. The molecule has 0 unspecified atom stereocenters. The number of nitriles is 1. The van der Waals surface area contributed by atoms with E-state index in [1.165, 1.54) is 0 Å². The first-order chi connectivity index (χ1) is 4.09. The smallest absolute Gasteiger partial charge is 0.257 e. The number of hydrogen-bond acceptors (Lipinski definition) is 5. The van der Waals surface area contributed by atoms with Crippen LogP contribution in [0, 0.1) is 37.7 Å². The van der Waals surface area contributed by atoms with Crippen molar-refractivity contribution in [2.24, 2.45) is 0 Å². The van der Waals surface area contributed by atoms with Crippen molar-refractivity contribution in [1.82, 2.24) is 0 Å². The summed E-state index contributed by atoms with van der Waals surface area (Å²) in [5.41, 5.74) is 0. The molecule has 0 atom stereocenters. The highest BCUT2D eigenvalue weighted by Crippen LogP contribution is 1.96. The topological polar surface area (TPSA) is 110 Å². The number of nitrogens with zero attached hydrogens (tertiary/aromatic N) is 3. The molecule has 0 saturated carbocycles. The van der Waals surface area contributed by atoms with Crippen molar-refractivity contribution >= 4 is 0 Å². The van der Waals surface area contributed by atoms with Gasteiger partial charge in [-0.2, -0.15) is 5.26 Å². The summed E-state index contributed by atoms with van der Waals surface area (Å²) in [5, 5.41) is 26.6. The molecule has 9 heavy (non-hydrogen) atoms. The molecule has 0 aromatic heterocycles. The monoisotopic (exact) mass is 130 g/mol. The summed E-state index contributed by atoms with van der Waals surface area (Å²) in [4.78, 5) is 16.3. The van der Waals surface area contributed by atoms with Crippen LogP contribution in [0.15, 0.2) is 0 Å². The predicted molar refractivity (Wildman–Crippen MR) is 22.8 cm³/mol. The Morgan fingerprint density at radius 1 is 1.33 bits per heavy atom. The Morgan fingerprint density at radius 3 is 1.67 bits per heavy atom. The van der Waals surface area contributed by atoms with Crippen LogP contribution in [0.3, 0.4) is 0 Å². The molecule has 0 aromatic carbocycles. The standard InChI is InChI=1S/C2N3O4/c3-1-2(4(6)7)5(8)9. The molecular formula is C2N3O4. The molecule has 0 fully saturated rings. The fraction of sp³-hybridized carbons (Fsp3) is 0. The maximum absolute atomic E-state index is 9.48. The Labute approximate surface area is 48.8 Å². The highest BCUT2D eigenvalue weighted by atomic mass is 16.7. The second kappa shape index (κ2) is 2.56. The molecule has 7 heteroatoms. The largest absolute Gasteiger partial charge is 0.698 e. The second-order valence-corrected chi connectivity index (χ2v) is 0.950. The summed E-state index contributed by atoms with van der Waals surface area (Å²) in [5.74, 6) is 0. The zero-order valence-corrected chi connectivity index (χ0v) is 3.97. The normalized spacial score (nSPS) is 8.44. The lowest BCUT2D eigenvalue weighted by Crippen LogP contribution is -2.16. The molecule has 0 aliphatic rings. The maximum Gasteiger partial charge on any atom is 0.698 e. The second-order valence-electron chi connectivity index (χ2n) is 0.950. The Morgan fingerprint density at radius 2 is 1.67 bits per heavy atom. The molecule has 0 aromatic rings. The van der Waals surface area contributed by atoms with E-state index in [1.54, 1.807) is 0 Å². The molecule has 0 heterocycles. The lowest BCUT2D eigenvalue weighted by atomic mass is 10.6. The van der Waals surface area contributed by atoms with E-state index in [0.717, 1.165) is 6.07 Å². The lowest BCUT2D eigenvalue weighted by molar-refractivity contribution is -0.656. The number of hydrogen-bond donors (Lipinski definition) is 0. The zero-order chi connectivity index (χ0) is 7.44. The van der Waals surface area contributed by atoms with Crippen LogP contribution in [0.25, 0.3) is 0 Å². The quantitative estimate of drug-likeness (QED) is 0.371. The van der Waals surface area contributed by atoms with Crippen LogP contribution in [0.4, 0.5) is 0 Å². The minimum absolute atomic E-state index is 0.819. The first-order valence-corrected chi connectivity index (χ1v) is 1.65. The lowest BCUT2D eigenvalue weighted by Gasteiger charge is -1.83. The van der Waals surface area contributed by atoms with E-state index >= 15 is 0 Å². The summed E-state index contributed by atoms with van der Waals surface area (Å²) in [6, 6.07) is 0.819. The van der Waals surface area contributed by atoms with Crippen molar-refractivity contribution in [2.45, 2.75) is 0 Å². The highest BCUT2D eigenvalue weighted by Gasteiger charge is 2.39. The summed E-state index contributed by atoms with van der Waals surface area (Å²) in [6.45, 7) is 0. The summed E-state index contributed by atoms with van der Waals surface area (Å²) >= 11 is 0. The van der Waals surface area contributed by atoms with Gasteiger partial charge >= 0.3 is 6.17 Å². The first kappa shape index (κ1) is 7.29. The van der Waals surface area contributed by atoms with Crippen LogP contribution < -0.4 is 0 Å². The molecule has 7 nitrogen and oxygen atoms in total. The summed E-state index contributed by atoms with van der Waals surface area (Å²) in [6.07, 6.45) is -1.56. The van der Waals surface area contributed by atoms with Gasteiger partial charge in [0.2, 0.25) is 6.07 Å². The van der Waals surface area contributed by atoms with Gasteiger partial charge in [0.15, 0.2) is 0 Å². The molecule has 0 bridgehead atoms. The Balaban J connectivity index is 4.22. The molecule has 0 rings (SSSR count). The fourth-order valence-corrected chi connectivity index (χ4v) is 0.148. The van der Waals surface area contributed by atoms with E-state index in [4.69, 9.17) is 5.26 Å². The molecule has 47 valence electrons. The van der Waals surface area contributed by atoms with Crippen molar-refractivity contribution in [2.75, 3.05) is 0 Å². The van der Waals surface area contributed by atoms with E-state index in [0.29, 0.717) is 0 Å². The summed E-state index contributed by atoms with van der Waals surface area (Å²) < 4.78 is 0. The van der Waals surface area contributed by atoms with Crippen molar-refractivity contribution in [3.05, 3.63) is 26.4 Å². The minimum Gasteiger partial charge on any atom is -0.257 e. The molecule has 0 N–H and O–H groups in total. The van der Waals surface area contributed by atoms with Gasteiger partial charge in [0, 0.05) is 0 Å². The Bertz CT molecular complexity index is 167. The van der Waals surface area contributed by atoms with Crippen molar-refractivity contribution < 1.29 is 9.85 Å². The van der Waals surface area contributed by atoms with Crippen LogP contribution in [0.5, 0.6) is 0 Å². The van der Waals surface area contributed by atoms with Gasteiger partial charge in [-0.15, -0.1) is 0 Å². The van der Waals surface area contributed by atoms with Gasteiger partial charge in [-0.25, -0.2) is 0 Å². The van der Waals surface area contributed by atoms with Gasteiger partial charge in [-0.05, 0) is 0 Å². The van der Waals surface area contributed by atoms with Crippen LogP contribution in [-0.4, -0.2) is 9.85 Å². The minimum atomic E-state index is -1.56. The summed E-state index contributed by atoms with van der Waals surface area (Å²) in [7, 11) is 0.